The fraction of sp³-hybridized carbons (Fsp3) is 0.500. The van der Waals surface area contributed by atoms with E-state index in [1.54, 1.807) is 32.9 Å². The number of hydrogen-bond acceptors (Lipinski definition) is 4. The Labute approximate surface area is 126 Å². The number of nitrogens with one attached hydrogen (secondary N) is 2. The van der Waals surface area contributed by atoms with Crippen LogP contribution in [0.3, 0.4) is 0 Å². The average Bonchev–Trinajstić information content (AvgIpc) is 2.44. The van der Waals surface area contributed by atoms with Gasteiger partial charge in [-0.25, -0.2) is 13.1 Å². The molecule has 0 aliphatic heterocycles. The molecule has 0 heterocycles. The first-order valence-electron chi connectivity index (χ1n) is 6.65. The van der Waals surface area contributed by atoms with Gasteiger partial charge in [-0.15, -0.1) is 0 Å². The van der Waals surface area contributed by atoms with Crippen molar-refractivity contribution in [1.82, 2.24) is 10.0 Å². The quantitative estimate of drug-likeness (QED) is 0.712. The Morgan fingerprint density at radius 1 is 1.33 bits per heavy atom. The molecule has 0 saturated carbocycles. The molecule has 0 radical (unpaired) electrons. The lowest BCUT2D eigenvalue weighted by Gasteiger charge is -2.23. The van der Waals surface area contributed by atoms with Crippen molar-refractivity contribution in [2.24, 2.45) is 11.1 Å². The molecule has 1 aromatic rings. The molecule has 0 aliphatic rings. The molecule has 1 aromatic carbocycles. The number of carbonyl (C=O) groups is 1. The molecule has 0 aliphatic carbocycles. The van der Waals surface area contributed by atoms with Crippen molar-refractivity contribution in [2.45, 2.75) is 32.2 Å². The highest BCUT2D eigenvalue weighted by atomic mass is 32.2. The van der Waals surface area contributed by atoms with Gasteiger partial charge in [-0.1, -0.05) is 12.1 Å². The van der Waals surface area contributed by atoms with Gasteiger partial charge in [0.2, 0.25) is 15.9 Å². The van der Waals surface area contributed by atoms with E-state index in [4.69, 9.17) is 5.73 Å². The summed E-state index contributed by atoms with van der Waals surface area (Å²) in [5, 5.41) is 2.52. The largest absolute Gasteiger partial charge is 0.359 e. The third-order valence-corrected chi connectivity index (χ3v) is 4.87. The maximum atomic E-state index is 12.3. The lowest BCUT2D eigenvalue weighted by Crippen LogP contribution is -2.43. The Balaban J connectivity index is 2.95. The van der Waals surface area contributed by atoms with E-state index in [1.807, 2.05) is 0 Å². The van der Waals surface area contributed by atoms with E-state index >= 15 is 0 Å². The minimum absolute atomic E-state index is 0.0209. The van der Waals surface area contributed by atoms with Crippen LogP contribution in [0.5, 0.6) is 0 Å². The Morgan fingerprint density at radius 2 is 1.95 bits per heavy atom. The van der Waals surface area contributed by atoms with Gasteiger partial charge in [0.25, 0.3) is 0 Å². The Hall–Kier alpha value is -1.44. The molecule has 4 N–H and O–H groups in total. The summed E-state index contributed by atoms with van der Waals surface area (Å²) in [5.74, 6) is -0.222. The maximum absolute atomic E-state index is 12.3. The standard InChI is InChI=1S/C14H23N3O3S/c1-10-7-11(8-15)5-6-12(10)21(19,20)17-9-14(2,3)13(18)16-4/h5-7,17H,8-9,15H2,1-4H3,(H,16,18). The van der Waals surface area contributed by atoms with Crippen molar-refractivity contribution in [3.8, 4) is 0 Å². The van der Waals surface area contributed by atoms with Gasteiger partial charge >= 0.3 is 0 Å². The first kappa shape index (κ1) is 17.6. The minimum Gasteiger partial charge on any atom is -0.359 e. The van der Waals surface area contributed by atoms with Crippen LogP contribution in [-0.4, -0.2) is 27.9 Å². The molecule has 0 aromatic heterocycles. The van der Waals surface area contributed by atoms with Gasteiger partial charge in [0.05, 0.1) is 10.3 Å². The van der Waals surface area contributed by atoms with E-state index in [-0.39, 0.29) is 17.3 Å². The number of amides is 1. The molecule has 0 unspecified atom stereocenters. The average molecular weight is 313 g/mol. The van der Waals surface area contributed by atoms with Crippen LogP contribution in [0, 0.1) is 12.3 Å². The predicted molar refractivity (Wildman–Crippen MR) is 82.1 cm³/mol. The van der Waals surface area contributed by atoms with Crippen molar-refractivity contribution in [2.75, 3.05) is 13.6 Å². The van der Waals surface area contributed by atoms with Gasteiger partial charge in [0, 0.05) is 20.1 Å². The summed E-state index contributed by atoms with van der Waals surface area (Å²) in [7, 11) is -2.14. The van der Waals surface area contributed by atoms with Crippen LogP contribution >= 0.6 is 0 Å². The van der Waals surface area contributed by atoms with Crippen molar-refractivity contribution in [1.29, 1.82) is 0 Å². The number of aryl methyl sites for hydroxylation is 1. The summed E-state index contributed by atoms with van der Waals surface area (Å²) in [4.78, 5) is 11.9. The highest BCUT2D eigenvalue weighted by molar-refractivity contribution is 7.89. The zero-order chi connectivity index (χ0) is 16.3. The monoisotopic (exact) mass is 313 g/mol. The van der Waals surface area contributed by atoms with Crippen molar-refractivity contribution >= 4 is 15.9 Å². The molecule has 0 fully saturated rings. The van der Waals surface area contributed by atoms with Crippen molar-refractivity contribution < 1.29 is 13.2 Å². The van der Waals surface area contributed by atoms with Gasteiger partial charge in [-0.2, -0.15) is 0 Å². The van der Waals surface area contributed by atoms with E-state index in [9.17, 15) is 13.2 Å². The van der Waals surface area contributed by atoms with Crippen LogP contribution in [0.2, 0.25) is 0 Å². The highest BCUT2D eigenvalue weighted by Crippen LogP contribution is 2.19. The lowest BCUT2D eigenvalue weighted by molar-refractivity contribution is -0.128. The Bertz CT molecular complexity index is 624. The zero-order valence-electron chi connectivity index (χ0n) is 12.9. The first-order valence-corrected chi connectivity index (χ1v) is 8.14. The second-order valence-electron chi connectivity index (χ2n) is 5.59. The van der Waals surface area contributed by atoms with Crippen LogP contribution in [0.1, 0.15) is 25.0 Å². The molecule has 0 bridgehead atoms. The second-order valence-corrected chi connectivity index (χ2v) is 7.33. The molecule has 0 saturated heterocycles. The van der Waals surface area contributed by atoms with Gasteiger partial charge in [-0.05, 0) is 38.0 Å². The number of sulfonamides is 1. The molecule has 6 nitrogen and oxygen atoms in total. The molecule has 1 amide bonds. The van der Waals surface area contributed by atoms with E-state index in [1.165, 1.54) is 13.1 Å². The third-order valence-electron chi connectivity index (χ3n) is 3.31. The highest BCUT2D eigenvalue weighted by Gasteiger charge is 2.29. The Kier molecular flexibility index (Phi) is 5.49. The molecule has 118 valence electrons. The molecule has 7 heteroatoms. The van der Waals surface area contributed by atoms with E-state index in [2.05, 4.69) is 10.0 Å². The smallest absolute Gasteiger partial charge is 0.240 e. The summed E-state index contributed by atoms with van der Waals surface area (Å²) in [6.07, 6.45) is 0. The number of benzene rings is 1. The summed E-state index contributed by atoms with van der Waals surface area (Å²) in [6, 6.07) is 4.97. The topological polar surface area (TPSA) is 101 Å². The molecule has 0 atom stereocenters. The van der Waals surface area contributed by atoms with Gasteiger partial charge in [0.15, 0.2) is 0 Å². The van der Waals surface area contributed by atoms with Crippen LogP contribution < -0.4 is 15.8 Å². The Morgan fingerprint density at radius 3 is 2.43 bits per heavy atom. The minimum atomic E-state index is -3.66. The summed E-state index contributed by atoms with van der Waals surface area (Å²) in [6.45, 7) is 5.46. The molecular weight excluding hydrogens is 290 g/mol. The van der Waals surface area contributed by atoms with Crippen molar-refractivity contribution in [3.05, 3.63) is 29.3 Å². The van der Waals surface area contributed by atoms with Crippen LogP contribution in [0.25, 0.3) is 0 Å². The normalized spacial score (nSPS) is 12.2. The van der Waals surface area contributed by atoms with Crippen LogP contribution in [0.4, 0.5) is 0 Å². The number of hydrogen-bond donors (Lipinski definition) is 3. The lowest BCUT2D eigenvalue weighted by atomic mass is 9.93. The van der Waals surface area contributed by atoms with Crippen LogP contribution in [0.15, 0.2) is 23.1 Å². The van der Waals surface area contributed by atoms with E-state index < -0.39 is 15.4 Å². The summed E-state index contributed by atoms with van der Waals surface area (Å²) in [5.41, 5.74) is 6.21. The van der Waals surface area contributed by atoms with Gasteiger partial charge in [-0.3, -0.25) is 4.79 Å². The second kappa shape index (κ2) is 6.55. The predicted octanol–water partition coefficient (Wildman–Crippen LogP) is 0.504. The van der Waals surface area contributed by atoms with Gasteiger partial charge < -0.3 is 11.1 Å². The number of nitrogens with two attached hydrogens (primary N) is 1. The summed E-state index contributed by atoms with van der Waals surface area (Å²) >= 11 is 0. The van der Waals surface area contributed by atoms with Crippen molar-refractivity contribution in [3.63, 3.8) is 0 Å². The number of rotatable bonds is 6. The summed E-state index contributed by atoms with van der Waals surface area (Å²) < 4.78 is 27.2. The molecular formula is C14H23N3O3S. The first-order chi connectivity index (χ1) is 9.64. The SMILES string of the molecule is CNC(=O)C(C)(C)CNS(=O)(=O)c1ccc(CN)cc1C. The fourth-order valence-corrected chi connectivity index (χ4v) is 3.35. The molecule has 21 heavy (non-hydrogen) atoms. The van der Waals surface area contributed by atoms with E-state index in [0.717, 1.165) is 5.56 Å². The molecule has 0 spiro atoms. The maximum Gasteiger partial charge on any atom is 0.240 e. The fourth-order valence-electron chi connectivity index (χ4n) is 1.91. The zero-order valence-corrected chi connectivity index (χ0v) is 13.7. The third kappa shape index (κ3) is 4.26. The number of carbonyl (C=O) groups excluding carboxylic acids is 1. The van der Waals surface area contributed by atoms with Crippen LogP contribution in [-0.2, 0) is 21.4 Å². The molecule has 1 rings (SSSR count). The van der Waals surface area contributed by atoms with Gasteiger partial charge in [0.1, 0.15) is 0 Å². The van der Waals surface area contributed by atoms with E-state index in [0.29, 0.717) is 12.1 Å².